The molecule has 0 rings (SSSR count). The van der Waals surface area contributed by atoms with E-state index in [-0.39, 0.29) is 31.1 Å². The van der Waals surface area contributed by atoms with Crippen LogP contribution in [0.4, 0.5) is 0 Å². The third kappa shape index (κ3) is 48.4. The normalized spacial score (nSPS) is 13.3. The van der Waals surface area contributed by atoms with Crippen LogP contribution in [-0.2, 0) is 28.6 Å². The van der Waals surface area contributed by atoms with Crippen LogP contribution in [0.1, 0.15) is 188 Å². The fourth-order valence-corrected chi connectivity index (χ4v) is 6.17. The van der Waals surface area contributed by atoms with Crippen molar-refractivity contribution in [3.63, 3.8) is 0 Å². The number of rotatable bonds is 42. The molecule has 0 heterocycles. The molecule has 6 nitrogen and oxygen atoms in total. The number of allylic oxidation sites excluding steroid dienone is 22. The first kappa shape index (κ1) is 58.6. The summed E-state index contributed by atoms with van der Waals surface area (Å²) in [5.41, 5.74) is 0. The van der Waals surface area contributed by atoms with Crippen LogP contribution < -0.4 is 0 Å². The SMILES string of the molecule is CC/C=C/C=C/C=C/C=C/CCCCCC(=O)OCC(COC(=O)CCCCCCC/C=C/C=C/C=C/C=C/C=C/CCC)OC(=O)CCCCCCCCC/C=C/C/C=C/CC. The van der Waals surface area contributed by atoms with Crippen LogP contribution in [0.3, 0.4) is 0 Å². The average Bonchev–Trinajstić information content (AvgIpc) is 3.28. The predicted octanol–water partition coefficient (Wildman–Crippen LogP) is 16.3. The minimum absolute atomic E-state index is 0.113. The number of carbonyl (C=O) groups excluding carboxylic acids is 3. The predicted molar refractivity (Wildman–Crippen MR) is 269 cm³/mol. The average molecular weight is 869 g/mol. The smallest absolute Gasteiger partial charge is 0.306 e. The molecule has 0 aliphatic heterocycles. The molecule has 0 aromatic rings. The topological polar surface area (TPSA) is 78.9 Å². The molecular weight excluding hydrogens is 781 g/mol. The van der Waals surface area contributed by atoms with Crippen molar-refractivity contribution in [3.05, 3.63) is 134 Å². The number of unbranched alkanes of at least 4 members (excludes halogenated alkanes) is 16. The van der Waals surface area contributed by atoms with Crippen LogP contribution in [0.15, 0.2) is 134 Å². The van der Waals surface area contributed by atoms with Crippen molar-refractivity contribution in [3.8, 4) is 0 Å². The van der Waals surface area contributed by atoms with Gasteiger partial charge in [-0.15, -0.1) is 0 Å². The Morgan fingerprint density at radius 1 is 0.349 bits per heavy atom. The zero-order valence-electron chi connectivity index (χ0n) is 40.0. The fourth-order valence-electron chi connectivity index (χ4n) is 6.17. The van der Waals surface area contributed by atoms with Crippen molar-refractivity contribution < 1.29 is 28.6 Å². The van der Waals surface area contributed by atoms with Crippen LogP contribution in [0, 0.1) is 0 Å². The molecule has 0 bridgehead atoms. The van der Waals surface area contributed by atoms with E-state index in [1.165, 1.54) is 32.1 Å². The summed E-state index contributed by atoms with van der Waals surface area (Å²) in [6.07, 6.45) is 70.0. The molecule has 0 aliphatic rings. The van der Waals surface area contributed by atoms with Gasteiger partial charge in [0.15, 0.2) is 6.10 Å². The minimum atomic E-state index is -0.814. The fraction of sp³-hybridized carbons (Fsp3) is 0.561. The highest BCUT2D eigenvalue weighted by Crippen LogP contribution is 2.13. The molecule has 1 unspecified atom stereocenters. The summed E-state index contributed by atoms with van der Waals surface area (Å²) in [5.74, 6) is -0.996. The van der Waals surface area contributed by atoms with Crippen molar-refractivity contribution in [2.75, 3.05) is 13.2 Å². The monoisotopic (exact) mass is 869 g/mol. The molecule has 63 heavy (non-hydrogen) atoms. The third-order valence-electron chi connectivity index (χ3n) is 9.82. The maximum absolute atomic E-state index is 12.8. The second-order valence-electron chi connectivity index (χ2n) is 15.8. The van der Waals surface area contributed by atoms with Crippen molar-refractivity contribution in [2.45, 2.75) is 194 Å². The lowest BCUT2D eigenvalue weighted by molar-refractivity contribution is -0.167. The van der Waals surface area contributed by atoms with Crippen molar-refractivity contribution >= 4 is 17.9 Å². The summed E-state index contributed by atoms with van der Waals surface area (Å²) in [4.78, 5) is 37.9. The Morgan fingerprint density at radius 3 is 1.16 bits per heavy atom. The first-order valence-corrected chi connectivity index (χ1v) is 24.8. The third-order valence-corrected chi connectivity index (χ3v) is 9.82. The molecule has 0 fully saturated rings. The highest BCUT2D eigenvalue weighted by atomic mass is 16.6. The summed E-state index contributed by atoms with van der Waals surface area (Å²) in [6.45, 7) is 6.21. The van der Waals surface area contributed by atoms with Gasteiger partial charge >= 0.3 is 17.9 Å². The molecule has 0 aromatic heterocycles. The van der Waals surface area contributed by atoms with Gasteiger partial charge in [-0.25, -0.2) is 0 Å². The molecule has 0 aromatic carbocycles. The zero-order valence-corrected chi connectivity index (χ0v) is 40.0. The van der Waals surface area contributed by atoms with Crippen LogP contribution in [-0.4, -0.2) is 37.2 Å². The van der Waals surface area contributed by atoms with Gasteiger partial charge in [0, 0.05) is 19.3 Å². The van der Waals surface area contributed by atoms with Gasteiger partial charge in [0.2, 0.25) is 0 Å². The van der Waals surface area contributed by atoms with Gasteiger partial charge in [0.05, 0.1) is 0 Å². The summed E-state index contributed by atoms with van der Waals surface area (Å²) >= 11 is 0. The molecule has 0 saturated heterocycles. The molecule has 0 aliphatic carbocycles. The lowest BCUT2D eigenvalue weighted by atomic mass is 10.1. The van der Waals surface area contributed by atoms with Gasteiger partial charge in [0.25, 0.3) is 0 Å². The van der Waals surface area contributed by atoms with Gasteiger partial charge < -0.3 is 14.2 Å². The summed E-state index contributed by atoms with van der Waals surface area (Å²) in [6, 6.07) is 0. The number of esters is 3. The van der Waals surface area contributed by atoms with Crippen LogP contribution in [0.25, 0.3) is 0 Å². The lowest BCUT2D eigenvalue weighted by Crippen LogP contribution is -2.30. The molecule has 6 heteroatoms. The standard InChI is InChI=1S/C57H88O6/c1-4-7-10-13-16-19-22-25-27-28-29-30-33-35-38-41-44-47-50-56(59)62-53-54(52-61-55(58)49-46-43-40-37-34-31-24-21-18-15-12-9-6-3)63-57(60)51-48-45-42-39-36-32-26-23-20-17-14-11-8-5-2/h8-13,15-22,24-25,27-31,34,54H,4-7,14,23,26,32-33,35-53H2,1-3H3/b11-8+,12-9+,13-10+,18-15+,19-16+,20-17+,24-21+,25-22+,28-27+,30-29+,34-31+. The Labute approximate surface area is 385 Å². The maximum atomic E-state index is 12.8. The number of ether oxygens (including phenoxy) is 3. The highest BCUT2D eigenvalue weighted by molar-refractivity contribution is 5.71. The van der Waals surface area contributed by atoms with Crippen LogP contribution >= 0.6 is 0 Å². The summed E-state index contributed by atoms with van der Waals surface area (Å²) in [5, 5.41) is 0. The number of hydrogen-bond acceptors (Lipinski definition) is 6. The molecular formula is C57H88O6. The number of hydrogen-bond donors (Lipinski definition) is 0. The molecule has 0 radical (unpaired) electrons. The first-order valence-electron chi connectivity index (χ1n) is 24.8. The Kier molecular flexibility index (Phi) is 46.7. The Bertz CT molecular complexity index is 1420. The molecule has 352 valence electrons. The first-order chi connectivity index (χ1) is 31.0. The highest BCUT2D eigenvalue weighted by Gasteiger charge is 2.19. The molecule has 0 saturated carbocycles. The van der Waals surface area contributed by atoms with Crippen molar-refractivity contribution in [2.24, 2.45) is 0 Å². The van der Waals surface area contributed by atoms with Gasteiger partial charge in [-0.2, -0.15) is 0 Å². The van der Waals surface area contributed by atoms with E-state index in [4.69, 9.17) is 14.2 Å². The lowest BCUT2D eigenvalue weighted by Gasteiger charge is -2.18. The minimum Gasteiger partial charge on any atom is -0.462 e. The van der Waals surface area contributed by atoms with Crippen LogP contribution in [0.2, 0.25) is 0 Å². The van der Waals surface area contributed by atoms with E-state index in [9.17, 15) is 14.4 Å². The van der Waals surface area contributed by atoms with E-state index in [0.717, 1.165) is 116 Å². The van der Waals surface area contributed by atoms with Gasteiger partial charge in [-0.3, -0.25) is 14.4 Å². The molecule has 0 N–H and O–H groups in total. The van der Waals surface area contributed by atoms with Gasteiger partial charge in [0.1, 0.15) is 13.2 Å². The Balaban J connectivity index is 4.53. The van der Waals surface area contributed by atoms with Crippen molar-refractivity contribution in [1.29, 1.82) is 0 Å². The van der Waals surface area contributed by atoms with Crippen molar-refractivity contribution in [1.82, 2.24) is 0 Å². The van der Waals surface area contributed by atoms with Crippen LogP contribution in [0.5, 0.6) is 0 Å². The molecule has 0 amide bonds. The maximum Gasteiger partial charge on any atom is 0.306 e. The quantitative estimate of drug-likeness (QED) is 0.0200. The Morgan fingerprint density at radius 2 is 0.698 bits per heavy atom. The van der Waals surface area contributed by atoms with E-state index in [2.05, 4.69) is 81.5 Å². The van der Waals surface area contributed by atoms with E-state index in [1.807, 2.05) is 72.9 Å². The second-order valence-corrected chi connectivity index (χ2v) is 15.8. The number of carbonyl (C=O) groups is 3. The summed E-state index contributed by atoms with van der Waals surface area (Å²) < 4.78 is 16.7. The summed E-state index contributed by atoms with van der Waals surface area (Å²) in [7, 11) is 0. The van der Waals surface area contributed by atoms with E-state index >= 15 is 0 Å². The van der Waals surface area contributed by atoms with E-state index < -0.39 is 6.10 Å². The Hall–Kier alpha value is -4.45. The van der Waals surface area contributed by atoms with E-state index in [0.29, 0.717) is 19.3 Å². The van der Waals surface area contributed by atoms with E-state index in [1.54, 1.807) is 0 Å². The molecule has 1 atom stereocenters. The molecule has 0 spiro atoms. The largest absolute Gasteiger partial charge is 0.462 e. The zero-order chi connectivity index (χ0) is 45.8. The second kappa shape index (κ2) is 50.2. The van der Waals surface area contributed by atoms with Gasteiger partial charge in [-0.05, 0) is 83.5 Å². The van der Waals surface area contributed by atoms with Gasteiger partial charge in [-0.1, -0.05) is 219 Å².